The van der Waals surface area contributed by atoms with Crippen LogP contribution in [0.5, 0.6) is 0 Å². The zero-order valence-corrected chi connectivity index (χ0v) is 12.7. The molecule has 23 heavy (non-hydrogen) atoms. The van der Waals surface area contributed by atoms with Gasteiger partial charge in [0.15, 0.2) is 20.9 Å². The minimum absolute atomic E-state index is 0.00620. The molecule has 0 amide bonds. The van der Waals surface area contributed by atoms with E-state index in [0.717, 1.165) is 0 Å². The Balaban J connectivity index is 1.95. The van der Waals surface area contributed by atoms with Crippen molar-refractivity contribution >= 4 is 27.6 Å². The molecule has 10 nitrogen and oxygen atoms in total. The van der Waals surface area contributed by atoms with Crippen LogP contribution in [0.4, 0.5) is 11.8 Å². The fourth-order valence-electron chi connectivity index (χ4n) is 2.35. The molecule has 1 fully saturated rings. The largest absolute Gasteiger partial charge is 0.480 e. The number of nitrogens with two attached hydrogens (primary N) is 1. The number of aromatic nitrogens is 4. The van der Waals surface area contributed by atoms with Gasteiger partial charge in [-0.15, -0.1) is 0 Å². The molecule has 0 aliphatic carbocycles. The summed E-state index contributed by atoms with van der Waals surface area (Å²) in [5, 5.41) is 11.7. The molecule has 0 saturated carbocycles. The number of carboxylic acid groups (broad SMARTS) is 1. The Bertz CT molecular complexity index is 835. The number of hydrogen-bond acceptors (Lipinski definition) is 8. The number of aliphatic carboxylic acids is 1. The summed E-state index contributed by atoms with van der Waals surface area (Å²) >= 11 is 0. The van der Waals surface area contributed by atoms with Gasteiger partial charge in [0.1, 0.15) is 5.82 Å². The van der Waals surface area contributed by atoms with Gasteiger partial charge in [-0.3, -0.25) is 4.79 Å². The first-order valence-corrected chi connectivity index (χ1v) is 8.42. The molecule has 3 N–H and O–H groups in total. The van der Waals surface area contributed by atoms with Gasteiger partial charge in [-0.05, 0) is 6.07 Å². The summed E-state index contributed by atoms with van der Waals surface area (Å²) in [4.78, 5) is 20.9. The maximum absolute atomic E-state index is 11.8. The van der Waals surface area contributed by atoms with Crippen LogP contribution in [0.1, 0.15) is 0 Å². The van der Waals surface area contributed by atoms with Gasteiger partial charge in [-0.1, -0.05) is 0 Å². The fraction of sp³-hybridized carbons (Fsp3) is 0.333. The zero-order chi connectivity index (χ0) is 16.6. The molecule has 1 unspecified atom stereocenters. The third-order valence-electron chi connectivity index (χ3n) is 3.52. The molecule has 0 bridgehead atoms. The summed E-state index contributed by atoms with van der Waals surface area (Å²) in [5.74, 6) is -0.857. The number of carboxylic acids is 1. The molecule has 0 aromatic carbocycles. The molecule has 11 heteroatoms. The number of carbonyl (C=O) groups is 1. The quantitative estimate of drug-likeness (QED) is 0.714. The van der Waals surface area contributed by atoms with E-state index < -0.39 is 21.1 Å². The van der Waals surface area contributed by atoms with Crippen LogP contribution in [0, 0.1) is 0 Å². The first-order valence-electron chi connectivity index (χ1n) is 6.71. The predicted octanol–water partition coefficient (Wildman–Crippen LogP) is -1.07. The number of anilines is 2. The third kappa shape index (κ3) is 2.95. The van der Waals surface area contributed by atoms with Gasteiger partial charge >= 0.3 is 5.97 Å². The first kappa shape index (κ1) is 15.2. The molecule has 1 saturated heterocycles. The van der Waals surface area contributed by atoms with Crippen molar-refractivity contribution in [3.8, 4) is 5.82 Å². The van der Waals surface area contributed by atoms with E-state index in [1.54, 1.807) is 29.4 Å². The predicted molar refractivity (Wildman–Crippen MR) is 81.0 cm³/mol. The molecule has 1 atom stereocenters. The van der Waals surface area contributed by atoms with E-state index in [1.807, 2.05) is 0 Å². The highest BCUT2D eigenvalue weighted by Crippen LogP contribution is 2.21. The lowest BCUT2D eigenvalue weighted by Gasteiger charge is -2.31. The van der Waals surface area contributed by atoms with Crippen molar-refractivity contribution in [2.45, 2.75) is 5.25 Å². The van der Waals surface area contributed by atoms with E-state index in [1.165, 1.54) is 4.68 Å². The molecule has 0 spiro atoms. The van der Waals surface area contributed by atoms with Crippen LogP contribution in [0.15, 0.2) is 24.5 Å². The average molecular weight is 338 g/mol. The summed E-state index contributed by atoms with van der Waals surface area (Å²) in [7, 11) is -3.66. The maximum atomic E-state index is 11.8. The fourth-order valence-corrected chi connectivity index (χ4v) is 3.82. The second-order valence-electron chi connectivity index (χ2n) is 5.03. The summed E-state index contributed by atoms with van der Waals surface area (Å²) in [6.07, 6.45) is 3.25. The number of nitrogens with zero attached hydrogens (tertiary/aromatic N) is 5. The van der Waals surface area contributed by atoms with Gasteiger partial charge < -0.3 is 15.7 Å². The van der Waals surface area contributed by atoms with Crippen LogP contribution >= 0.6 is 0 Å². The highest BCUT2D eigenvalue weighted by molar-refractivity contribution is 7.92. The van der Waals surface area contributed by atoms with Crippen LogP contribution in [0.25, 0.3) is 5.82 Å². The van der Waals surface area contributed by atoms with E-state index in [4.69, 9.17) is 10.8 Å². The minimum atomic E-state index is -3.66. The van der Waals surface area contributed by atoms with Gasteiger partial charge in [0.05, 0.1) is 5.75 Å². The summed E-state index contributed by atoms with van der Waals surface area (Å²) in [6, 6.07) is 3.30. The number of rotatable bonds is 3. The summed E-state index contributed by atoms with van der Waals surface area (Å²) < 4.78 is 25.2. The minimum Gasteiger partial charge on any atom is -0.480 e. The van der Waals surface area contributed by atoms with Crippen molar-refractivity contribution in [3.05, 3.63) is 24.5 Å². The standard InChI is InChI=1S/C12H14N6O4S/c13-12-15-9(6-10(16-12)18-3-1-2-14-18)17-4-5-23(21,22)8(7-17)11(19)20/h1-3,6,8H,4-5,7H2,(H,19,20)(H2,13,15,16). The highest BCUT2D eigenvalue weighted by Gasteiger charge is 2.38. The summed E-state index contributed by atoms with van der Waals surface area (Å²) in [5.41, 5.74) is 5.70. The van der Waals surface area contributed by atoms with Crippen LogP contribution in [0.2, 0.25) is 0 Å². The van der Waals surface area contributed by atoms with Crippen LogP contribution in [-0.4, -0.2) is 63.3 Å². The molecule has 1 aliphatic heterocycles. The molecule has 3 rings (SSSR count). The molecule has 122 valence electrons. The van der Waals surface area contributed by atoms with E-state index in [0.29, 0.717) is 11.6 Å². The molecule has 3 heterocycles. The van der Waals surface area contributed by atoms with Crippen LogP contribution in [-0.2, 0) is 14.6 Å². The van der Waals surface area contributed by atoms with Crippen LogP contribution < -0.4 is 10.6 Å². The molecular weight excluding hydrogens is 324 g/mol. The normalized spacial score (nSPS) is 20.3. The third-order valence-corrected chi connectivity index (χ3v) is 5.49. The average Bonchev–Trinajstić information content (AvgIpc) is 3.00. The van der Waals surface area contributed by atoms with E-state index in [9.17, 15) is 13.2 Å². The molecular formula is C12H14N6O4S. The second kappa shape index (κ2) is 5.50. The zero-order valence-electron chi connectivity index (χ0n) is 11.9. The van der Waals surface area contributed by atoms with Gasteiger partial charge in [-0.2, -0.15) is 15.1 Å². The van der Waals surface area contributed by atoms with E-state index in [-0.39, 0.29) is 24.8 Å². The molecule has 2 aromatic heterocycles. The lowest BCUT2D eigenvalue weighted by atomic mass is 10.3. The Kier molecular flexibility index (Phi) is 3.64. The highest BCUT2D eigenvalue weighted by atomic mass is 32.2. The van der Waals surface area contributed by atoms with Crippen molar-refractivity contribution in [1.82, 2.24) is 19.7 Å². The molecule has 0 radical (unpaired) electrons. The van der Waals surface area contributed by atoms with Gasteiger partial charge in [0.25, 0.3) is 0 Å². The van der Waals surface area contributed by atoms with Gasteiger partial charge in [0.2, 0.25) is 5.95 Å². The Morgan fingerprint density at radius 2 is 2.09 bits per heavy atom. The van der Waals surface area contributed by atoms with Crippen LogP contribution in [0.3, 0.4) is 0 Å². The molecule has 1 aliphatic rings. The second-order valence-corrected chi connectivity index (χ2v) is 7.34. The number of nitrogen functional groups attached to an aromatic ring is 1. The Morgan fingerprint density at radius 1 is 1.35 bits per heavy atom. The summed E-state index contributed by atoms with van der Waals surface area (Å²) in [6.45, 7) is -0.0478. The van der Waals surface area contributed by atoms with Gasteiger partial charge in [-0.25, -0.2) is 13.1 Å². The van der Waals surface area contributed by atoms with E-state index in [2.05, 4.69) is 15.1 Å². The van der Waals surface area contributed by atoms with Gasteiger partial charge in [0, 0.05) is 31.5 Å². The SMILES string of the molecule is Nc1nc(N2CCS(=O)(=O)C(C(=O)O)C2)cc(-n2cccn2)n1. The van der Waals surface area contributed by atoms with Crippen molar-refractivity contribution in [2.24, 2.45) is 0 Å². The monoisotopic (exact) mass is 338 g/mol. The number of sulfone groups is 1. The smallest absolute Gasteiger partial charge is 0.323 e. The Morgan fingerprint density at radius 3 is 2.74 bits per heavy atom. The molecule has 2 aromatic rings. The van der Waals surface area contributed by atoms with Crippen molar-refractivity contribution < 1.29 is 18.3 Å². The maximum Gasteiger partial charge on any atom is 0.323 e. The van der Waals surface area contributed by atoms with Crippen molar-refractivity contribution in [3.63, 3.8) is 0 Å². The number of hydrogen-bond donors (Lipinski definition) is 2. The Labute approximate surface area is 131 Å². The Hall–Kier alpha value is -2.69. The lowest BCUT2D eigenvalue weighted by molar-refractivity contribution is -0.136. The van der Waals surface area contributed by atoms with Crippen molar-refractivity contribution in [1.29, 1.82) is 0 Å². The van der Waals surface area contributed by atoms with Crippen molar-refractivity contribution in [2.75, 3.05) is 29.5 Å². The lowest BCUT2D eigenvalue weighted by Crippen LogP contribution is -2.50. The van der Waals surface area contributed by atoms with E-state index >= 15 is 0 Å². The first-order chi connectivity index (χ1) is 10.9. The topological polar surface area (TPSA) is 144 Å².